The van der Waals surface area contributed by atoms with Crippen LogP contribution in [0.1, 0.15) is 18.4 Å². The molecule has 1 unspecified atom stereocenters. The highest BCUT2D eigenvalue weighted by atomic mass is 16.6. The lowest BCUT2D eigenvalue weighted by molar-refractivity contribution is -0.385. The van der Waals surface area contributed by atoms with Crippen molar-refractivity contribution < 1.29 is 14.8 Å². The van der Waals surface area contributed by atoms with E-state index in [1.54, 1.807) is 19.1 Å². The molecule has 1 fully saturated rings. The molecular formula is C12H14N2O4. The molecule has 0 saturated heterocycles. The average Bonchev–Trinajstić information content (AvgIpc) is 3.08. The van der Waals surface area contributed by atoms with Crippen LogP contribution in [0.2, 0.25) is 0 Å². The van der Waals surface area contributed by atoms with Gasteiger partial charge >= 0.3 is 5.97 Å². The van der Waals surface area contributed by atoms with Crippen molar-refractivity contribution in [2.24, 2.45) is 5.92 Å². The molecule has 0 heterocycles. The van der Waals surface area contributed by atoms with E-state index >= 15 is 0 Å². The van der Waals surface area contributed by atoms with Gasteiger partial charge in [0, 0.05) is 17.3 Å². The molecule has 1 atom stereocenters. The Balaban J connectivity index is 2.16. The van der Waals surface area contributed by atoms with E-state index < -0.39 is 16.9 Å². The van der Waals surface area contributed by atoms with Crippen LogP contribution in [0.4, 0.5) is 11.4 Å². The zero-order valence-corrected chi connectivity index (χ0v) is 9.92. The third kappa shape index (κ3) is 2.58. The van der Waals surface area contributed by atoms with Gasteiger partial charge in [0.05, 0.1) is 4.92 Å². The molecule has 1 aromatic rings. The Morgan fingerprint density at radius 3 is 2.67 bits per heavy atom. The van der Waals surface area contributed by atoms with Gasteiger partial charge in [0.1, 0.15) is 6.04 Å². The summed E-state index contributed by atoms with van der Waals surface area (Å²) in [6.45, 7) is 1.64. The highest BCUT2D eigenvalue weighted by Gasteiger charge is 2.36. The number of hydrogen-bond donors (Lipinski definition) is 2. The molecule has 0 radical (unpaired) electrons. The number of nitro benzene ring substituents is 1. The lowest BCUT2D eigenvalue weighted by Gasteiger charge is -2.15. The van der Waals surface area contributed by atoms with Gasteiger partial charge in [0.2, 0.25) is 0 Å². The second-order valence-electron chi connectivity index (χ2n) is 4.56. The number of nitrogens with zero attached hydrogens (tertiary/aromatic N) is 1. The Labute approximate surface area is 104 Å². The highest BCUT2D eigenvalue weighted by Crippen LogP contribution is 2.34. The summed E-state index contributed by atoms with van der Waals surface area (Å²) in [6, 6.07) is 3.94. The van der Waals surface area contributed by atoms with E-state index in [9.17, 15) is 14.9 Å². The average molecular weight is 250 g/mol. The Hall–Kier alpha value is -2.11. The molecular weight excluding hydrogens is 236 g/mol. The van der Waals surface area contributed by atoms with Crippen LogP contribution in [-0.4, -0.2) is 22.0 Å². The first-order valence-electron chi connectivity index (χ1n) is 5.73. The molecule has 2 rings (SSSR count). The second-order valence-corrected chi connectivity index (χ2v) is 4.56. The van der Waals surface area contributed by atoms with E-state index in [4.69, 9.17) is 5.11 Å². The topological polar surface area (TPSA) is 92.5 Å². The second kappa shape index (κ2) is 4.64. The number of carboxylic acids is 1. The number of anilines is 1. The maximum Gasteiger partial charge on any atom is 0.326 e. The summed E-state index contributed by atoms with van der Waals surface area (Å²) in [7, 11) is 0. The van der Waals surface area contributed by atoms with Crippen molar-refractivity contribution in [3.63, 3.8) is 0 Å². The van der Waals surface area contributed by atoms with E-state index in [1.807, 2.05) is 0 Å². The Bertz CT molecular complexity index is 497. The first kappa shape index (κ1) is 12.3. The predicted octanol–water partition coefficient (Wildman–Crippen LogP) is 2.18. The molecule has 1 aliphatic carbocycles. The molecule has 96 valence electrons. The quantitative estimate of drug-likeness (QED) is 0.617. The molecule has 0 spiro atoms. The summed E-state index contributed by atoms with van der Waals surface area (Å²) < 4.78 is 0. The van der Waals surface area contributed by atoms with Crippen molar-refractivity contribution in [3.05, 3.63) is 33.9 Å². The smallest absolute Gasteiger partial charge is 0.326 e. The fourth-order valence-electron chi connectivity index (χ4n) is 1.94. The number of aliphatic carboxylic acids is 1. The van der Waals surface area contributed by atoms with Gasteiger partial charge in [-0.05, 0) is 37.8 Å². The number of hydrogen-bond acceptors (Lipinski definition) is 4. The van der Waals surface area contributed by atoms with Gasteiger partial charge < -0.3 is 10.4 Å². The van der Waals surface area contributed by atoms with Gasteiger partial charge in [-0.25, -0.2) is 4.79 Å². The number of rotatable bonds is 5. The van der Waals surface area contributed by atoms with Crippen LogP contribution in [0.15, 0.2) is 18.2 Å². The van der Waals surface area contributed by atoms with Crippen LogP contribution in [0, 0.1) is 23.0 Å². The Morgan fingerprint density at radius 1 is 1.56 bits per heavy atom. The highest BCUT2D eigenvalue weighted by molar-refractivity contribution is 5.78. The van der Waals surface area contributed by atoms with Crippen LogP contribution in [0.5, 0.6) is 0 Å². The molecule has 18 heavy (non-hydrogen) atoms. The SMILES string of the molecule is Cc1cc(NC(C(=O)O)C2CC2)ccc1[N+](=O)[O-]. The standard InChI is InChI=1S/C12H14N2O4/c1-7-6-9(4-5-10(7)14(17)18)13-11(12(15)16)8-2-3-8/h4-6,8,11,13H,2-3H2,1H3,(H,15,16). The van der Waals surface area contributed by atoms with Crippen molar-refractivity contribution in [2.75, 3.05) is 5.32 Å². The van der Waals surface area contributed by atoms with E-state index in [0.717, 1.165) is 12.8 Å². The third-order valence-electron chi connectivity index (χ3n) is 3.08. The number of nitro groups is 1. The minimum atomic E-state index is -0.881. The summed E-state index contributed by atoms with van der Waals surface area (Å²) in [5.41, 5.74) is 1.17. The van der Waals surface area contributed by atoms with Gasteiger partial charge in [-0.2, -0.15) is 0 Å². The summed E-state index contributed by atoms with van der Waals surface area (Å²) in [6.07, 6.45) is 1.83. The minimum Gasteiger partial charge on any atom is -0.480 e. The molecule has 0 bridgehead atoms. The zero-order valence-electron chi connectivity index (χ0n) is 9.92. The fraction of sp³-hybridized carbons (Fsp3) is 0.417. The first-order valence-corrected chi connectivity index (χ1v) is 5.73. The first-order chi connectivity index (χ1) is 8.49. The van der Waals surface area contributed by atoms with Crippen molar-refractivity contribution in [1.29, 1.82) is 0 Å². The minimum absolute atomic E-state index is 0.0406. The fourth-order valence-corrected chi connectivity index (χ4v) is 1.94. The monoisotopic (exact) mass is 250 g/mol. The van der Waals surface area contributed by atoms with Gasteiger partial charge in [-0.15, -0.1) is 0 Å². The van der Waals surface area contributed by atoms with Crippen LogP contribution in [0.3, 0.4) is 0 Å². The largest absolute Gasteiger partial charge is 0.480 e. The normalized spacial score (nSPS) is 16.1. The molecule has 1 aliphatic rings. The molecule has 6 nitrogen and oxygen atoms in total. The van der Waals surface area contributed by atoms with E-state index in [-0.39, 0.29) is 11.6 Å². The molecule has 1 saturated carbocycles. The Kier molecular flexibility index (Phi) is 3.18. The van der Waals surface area contributed by atoms with Crippen molar-refractivity contribution in [2.45, 2.75) is 25.8 Å². The Morgan fingerprint density at radius 2 is 2.22 bits per heavy atom. The number of carboxylic acid groups (broad SMARTS) is 1. The van der Waals surface area contributed by atoms with Crippen molar-refractivity contribution in [3.8, 4) is 0 Å². The molecule has 6 heteroatoms. The van der Waals surface area contributed by atoms with Crippen LogP contribution in [0.25, 0.3) is 0 Å². The maximum atomic E-state index is 11.1. The van der Waals surface area contributed by atoms with Crippen LogP contribution < -0.4 is 5.32 Å². The van der Waals surface area contributed by atoms with Gasteiger partial charge in [-0.1, -0.05) is 0 Å². The maximum absolute atomic E-state index is 11.1. The van der Waals surface area contributed by atoms with E-state index in [2.05, 4.69) is 5.32 Å². The lowest BCUT2D eigenvalue weighted by atomic mass is 10.1. The van der Waals surface area contributed by atoms with Gasteiger partial charge in [0.25, 0.3) is 5.69 Å². The van der Waals surface area contributed by atoms with E-state index in [0.29, 0.717) is 11.3 Å². The summed E-state index contributed by atoms with van der Waals surface area (Å²) in [5.74, 6) is -0.716. The molecule has 0 aromatic heterocycles. The predicted molar refractivity (Wildman–Crippen MR) is 65.6 cm³/mol. The number of aryl methyl sites for hydroxylation is 1. The number of nitrogens with one attached hydrogen (secondary N) is 1. The lowest BCUT2D eigenvalue weighted by Crippen LogP contribution is -2.31. The zero-order chi connectivity index (χ0) is 13.3. The molecule has 0 amide bonds. The van der Waals surface area contributed by atoms with Crippen molar-refractivity contribution in [1.82, 2.24) is 0 Å². The van der Waals surface area contributed by atoms with Gasteiger partial charge in [0.15, 0.2) is 0 Å². The molecule has 2 N–H and O–H groups in total. The number of carbonyl (C=O) groups is 1. The summed E-state index contributed by atoms with van der Waals surface area (Å²) >= 11 is 0. The van der Waals surface area contributed by atoms with Crippen LogP contribution in [-0.2, 0) is 4.79 Å². The summed E-state index contributed by atoms with van der Waals surface area (Å²) in [5, 5.41) is 22.7. The van der Waals surface area contributed by atoms with Crippen molar-refractivity contribution >= 4 is 17.3 Å². The molecule has 0 aliphatic heterocycles. The molecule has 1 aromatic carbocycles. The van der Waals surface area contributed by atoms with Gasteiger partial charge in [-0.3, -0.25) is 10.1 Å². The third-order valence-corrected chi connectivity index (χ3v) is 3.08. The van der Waals surface area contributed by atoms with Crippen LogP contribution >= 0.6 is 0 Å². The summed E-state index contributed by atoms with van der Waals surface area (Å²) in [4.78, 5) is 21.3. The number of benzene rings is 1. The van der Waals surface area contributed by atoms with E-state index in [1.165, 1.54) is 6.07 Å².